The standard InChI is InChI=1S/C13H8FNOS/c14-10-6-7-13(12(8-10)15-9-16)17-11-4-2-1-3-5-11/h1-8H. The number of nitrogens with zero attached hydrogens (tertiary/aromatic N) is 1. The number of aliphatic imine (C=N–C) groups is 1. The molecular formula is C13H8FNOS. The van der Waals surface area contributed by atoms with Crippen molar-refractivity contribution in [2.75, 3.05) is 0 Å². The van der Waals surface area contributed by atoms with Gasteiger partial charge >= 0.3 is 0 Å². The van der Waals surface area contributed by atoms with Crippen LogP contribution >= 0.6 is 11.8 Å². The minimum Gasteiger partial charge on any atom is -0.211 e. The third-order valence-corrected chi connectivity index (χ3v) is 3.13. The van der Waals surface area contributed by atoms with Crippen molar-refractivity contribution in [2.24, 2.45) is 4.99 Å². The van der Waals surface area contributed by atoms with E-state index in [0.717, 1.165) is 9.79 Å². The Balaban J connectivity index is 2.35. The summed E-state index contributed by atoms with van der Waals surface area (Å²) in [6.07, 6.45) is 1.43. The third-order valence-electron chi connectivity index (χ3n) is 2.06. The molecule has 2 aromatic rings. The van der Waals surface area contributed by atoms with Crippen molar-refractivity contribution >= 4 is 23.5 Å². The lowest BCUT2D eigenvalue weighted by Crippen LogP contribution is -1.78. The zero-order valence-electron chi connectivity index (χ0n) is 8.76. The molecule has 0 N–H and O–H groups in total. The Labute approximate surface area is 102 Å². The Morgan fingerprint density at radius 2 is 1.88 bits per heavy atom. The van der Waals surface area contributed by atoms with E-state index in [9.17, 15) is 9.18 Å². The van der Waals surface area contributed by atoms with Crippen LogP contribution in [0.15, 0.2) is 63.3 Å². The van der Waals surface area contributed by atoms with Gasteiger partial charge in [-0.15, -0.1) is 0 Å². The van der Waals surface area contributed by atoms with E-state index >= 15 is 0 Å². The van der Waals surface area contributed by atoms with Crippen LogP contribution in [0.4, 0.5) is 10.1 Å². The van der Waals surface area contributed by atoms with Gasteiger partial charge in [-0.3, -0.25) is 0 Å². The highest BCUT2D eigenvalue weighted by atomic mass is 32.2. The Kier molecular flexibility index (Phi) is 3.70. The molecule has 0 saturated heterocycles. The molecule has 2 aromatic carbocycles. The van der Waals surface area contributed by atoms with Crippen molar-refractivity contribution < 1.29 is 9.18 Å². The maximum Gasteiger partial charge on any atom is 0.240 e. The molecule has 0 aliphatic rings. The van der Waals surface area contributed by atoms with Gasteiger partial charge in [-0.2, -0.15) is 4.99 Å². The van der Waals surface area contributed by atoms with Crippen LogP contribution in [0, 0.1) is 5.82 Å². The van der Waals surface area contributed by atoms with Gasteiger partial charge in [0.15, 0.2) is 0 Å². The number of carbonyl (C=O) groups excluding carboxylic acids is 1. The third kappa shape index (κ3) is 3.03. The van der Waals surface area contributed by atoms with E-state index < -0.39 is 5.82 Å². The van der Waals surface area contributed by atoms with Crippen LogP contribution in [0.1, 0.15) is 0 Å². The van der Waals surface area contributed by atoms with Crippen molar-refractivity contribution in [3.05, 3.63) is 54.3 Å². The van der Waals surface area contributed by atoms with Crippen molar-refractivity contribution in [1.82, 2.24) is 0 Å². The molecule has 0 atom stereocenters. The van der Waals surface area contributed by atoms with Crippen LogP contribution in [0.25, 0.3) is 0 Å². The molecule has 84 valence electrons. The largest absolute Gasteiger partial charge is 0.240 e. The molecule has 0 fully saturated rings. The van der Waals surface area contributed by atoms with Crippen LogP contribution in [-0.2, 0) is 4.79 Å². The summed E-state index contributed by atoms with van der Waals surface area (Å²) in [5.74, 6) is -0.420. The van der Waals surface area contributed by atoms with Crippen LogP contribution < -0.4 is 0 Å². The molecule has 0 aliphatic heterocycles. The summed E-state index contributed by atoms with van der Waals surface area (Å²) in [5, 5.41) is 0. The van der Waals surface area contributed by atoms with Gasteiger partial charge < -0.3 is 0 Å². The molecule has 0 saturated carbocycles. The van der Waals surface area contributed by atoms with Gasteiger partial charge in [0.1, 0.15) is 5.82 Å². The number of isocyanates is 1. The normalized spacial score (nSPS) is 9.71. The summed E-state index contributed by atoms with van der Waals surface area (Å²) in [5.41, 5.74) is 0.300. The highest BCUT2D eigenvalue weighted by Gasteiger charge is 2.05. The molecule has 0 radical (unpaired) electrons. The van der Waals surface area contributed by atoms with Crippen molar-refractivity contribution in [2.45, 2.75) is 9.79 Å². The lowest BCUT2D eigenvalue weighted by Gasteiger charge is -2.04. The zero-order chi connectivity index (χ0) is 12.1. The van der Waals surface area contributed by atoms with E-state index in [2.05, 4.69) is 4.99 Å². The summed E-state index contributed by atoms with van der Waals surface area (Å²) >= 11 is 1.42. The molecule has 0 spiro atoms. The Bertz CT molecular complexity index is 565. The maximum absolute atomic E-state index is 13.0. The fourth-order valence-corrected chi connectivity index (χ4v) is 2.22. The Hall–Kier alpha value is -1.90. The minimum atomic E-state index is -0.420. The van der Waals surface area contributed by atoms with Gasteiger partial charge in [0.2, 0.25) is 6.08 Å². The first-order valence-corrected chi connectivity index (χ1v) is 5.71. The van der Waals surface area contributed by atoms with Gasteiger partial charge in [-0.1, -0.05) is 30.0 Å². The second kappa shape index (κ2) is 5.43. The molecule has 0 amide bonds. The molecule has 17 heavy (non-hydrogen) atoms. The monoisotopic (exact) mass is 245 g/mol. The van der Waals surface area contributed by atoms with Crippen LogP contribution in [0.2, 0.25) is 0 Å². The number of hydrogen-bond acceptors (Lipinski definition) is 3. The molecule has 2 rings (SSSR count). The smallest absolute Gasteiger partial charge is 0.211 e. The fourth-order valence-electron chi connectivity index (χ4n) is 1.33. The minimum absolute atomic E-state index is 0.300. The van der Waals surface area contributed by atoms with E-state index in [-0.39, 0.29) is 0 Å². The summed E-state index contributed by atoms with van der Waals surface area (Å²) < 4.78 is 13.0. The average Bonchev–Trinajstić information content (AvgIpc) is 2.34. The Morgan fingerprint density at radius 1 is 1.12 bits per heavy atom. The quantitative estimate of drug-likeness (QED) is 0.605. The number of hydrogen-bond donors (Lipinski definition) is 0. The summed E-state index contributed by atoms with van der Waals surface area (Å²) in [6.45, 7) is 0. The highest BCUT2D eigenvalue weighted by molar-refractivity contribution is 7.99. The molecule has 0 heterocycles. The number of halogens is 1. The molecule has 0 aliphatic carbocycles. The predicted octanol–water partition coefficient (Wildman–Crippen LogP) is 3.94. The highest BCUT2D eigenvalue weighted by Crippen LogP contribution is 2.35. The van der Waals surface area contributed by atoms with Crippen LogP contribution in [0.3, 0.4) is 0 Å². The van der Waals surface area contributed by atoms with Gasteiger partial charge in [0.25, 0.3) is 0 Å². The van der Waals surface area contributed by atoms with Crippen LogP contribution in [0.5, 0.6) is 0 Å². The van der Waals surface area contributed by atoms with Crippen molar-refractivity contribution in [1.29, 1.82) is 0 Å². The first-order valence-electron chi connectivity index (χ1n) is 4.90. The molecule has 0 aromatic heterocycles. The van der Waals surface area contributed by atoms with Gasteiger partial charge in [0.05, 0.1) is 5.69 Å². The van der Waals surface area contributed by atoms with E-state index in [1.807, 2.05) is 30.3 Å². The molecule has 2 nitrogen and oxygen atoms in total. The number of benzene rings is 2. The summed E-state index contributed by atoms with van der Waals surface area (Å²) in [4.78, 5) is 15.5. The Morgan fingerprint density at radius 3 is 2.59 bits per heavy atom. The van der Waals surface area contributed by atoms with E-state index in [1.165, 1.54) is 30.0 Å². The molecule has 4 heteroatoms. The maximum atomic E-state index is 13.0. The molecular weight excluding hydrogens is 237 g/mol. The predicted molar refractivity (Wildman–Crippen MR) is 64.7 cm³/mol. The van der Waals surface area contributed by atoms with Gasteiger partial charge in [-0.25, -0.2) is 9.18 Å². The van der Waals surface area contributed by atoms with Crippen molar-refractivity contribution in [3.8, 4) is 0 Å². The topological polar surface area (TPSA) is 29.4 Å². The fraction of sp³-hybridized carbons (Fsp3) is 0. The summed E-state index contributed by atoms with van der Waals surface area (Å²) in [7, 11) is 0. The second-order valence-corrected chi connectivity index (χ2v) is 4.35. The van der Waals surface area contributed by atoms with E-state index in [4.69, 9.17) is 0 Å². The van der Waals surface area contributed by atoms with Gasteiger partial charge in [-0.05, 0) is 24.3 Å². The first-order chi connectivity index (χ1) is 8.29. The van der Waals surface area contributed by atoms with Crippen molar-refractivity contribution in [3.63, 3.8) is 0 Å². The lowest BCUT2D eigenvalue weighted by molar-refractivity contribution is 0.565. The van der Waals surface area contributed by atoms with Gasteiger partial charge in [0, 0.05) is 15.9 Å². The average molecular weight is 245 g/mol. The van der Waals surface area contributed by atoms with Crippen LogP contribution in [-0.4, -0.2) is 6.08 Å². The summed E-state index contributed by atoms with van der Waals surface area (Å²) in [6, 6.07) is 13.8. The SMILES string of the molecule is O=C=Nc1cc(F)ccc1Sc1ccccc1. The number of rotatable bonds is 3. The van der Waals surface area contributed by atoms with E-state index in [1.54, 1.807) is 6.07 Å². The first kappa shape index (κ1) is 11.6. The lowest BCUT2D eigenvalue weighted by atomic mass is 10.3. The second-order valence-electron chi connectivity index (χ2n) is 3.23. The molecule has 0 unspecified atom stereocenters. The zero-order valence-corrected chi connectivity index (χ0v) is 9.58. The molecule has 0 bridgehead atoms. The van der Waals surface area contributed by atoms with E-state index in [0.29, 0.717) is 5.69 Å².